The standard InChI is InChI=1S/C6H11BO3/c1-3-5(9)4(2-8)10-6(3)7/h3-6,8-9H,2H2,1H3/t3?,4-,5-,6-/m0/s1. The van der Waals surface area contributed by atoms with Crippen LogP contribution in [0.5, 0.6) is 0 Å². The zero-order valence-corrected chi connectivity index (χ0v) is 5.90. The zero-order chi connectivity index (χ0) is 7.72. The second kappa shape index (κ2) is 2.90. The summed E-state index contributed by atoms with van der Waals surface area (Å²) in [5, 5.41) is 17.9. The average molecular weight is 142 g/mol. The molecule has 0 aromatic rings. The van der Waals surface area contributed by atoms with Crippen LogP contribution in [0, 0.1) is 5.92 Å². The van der Waals surface area contributed by atoms with E-state index in [9.17, 15) is 5.11 Å². The molecule has 0 saturated carbocycles. The summed E-state index contributed by atoms with van der Waals surface area (Å²) in [5.74, 6) is -0.0860. The average Bonchev–Trinajstić information content (AvgIpc) is 2.17. The number of hydrogen-bond acceptors (Lipinski definition) is 3. The van der Waals surface area contributed by atoms with Crippen molar-refractivity contribution in [1.82, 2.24) is 0 Å². The number of hydrogen-bond donors (Lipinski definition) is 2. The predicted octanol–water partition coefficient (Wildman–Crippen LogP) is -1.13. The van der Waals surface area contributed by atoms with E-state index in [0.717, 1.165) is 0 Å². The first-order valence-corrected chi connectivity index (χ1v) is 3.36. The van der Waals surface area contributed by atoms with E-state index in [1.54, 1.807) is 6.92 Å². The molecule has 1 rings (SSSR count). The Kier molecular flexibility index (Phi) is 2.34. The highest BCUT2D eigenvalue weighted by Crippen LogP contribution is 2.23. The molecule has 0 bridgehead atoms. The minimum atomic E-state index is -0.625. The molecule has 4 heteroatoms. The summed E-state index contributed by atoms with van der Waals surface area (Å²) in [4.78, 5) is 0. The van der Waals surface area contributed by atoms with Crippen LogP contribution in [0.1, 0.15) is 6.92 Å². The van der Waals surface area contributed by atoms with Crippen LogP contribution in [0.2, 0.25) is 0 Å². The van der Waals surface area contributed by atoms with Gasteiger partial charge in [0.2, 0.25) is 0 Å². The summed E-state index contributed by atoms with van der Waals surface area (Å²) in [6, 6.07) is -0.438. The smallest absolute Gasteiger partial charge is 0.109 e. The molecule has 1 aliphatic heterocycles. The number of rotatable bonds is 1. The first-order valence-electron chi connectivity index (χ1n) is 3.36. The van der Waals surface area contributed by atoms with E-state index in [2.05, 4.69) is 0 Å². The molecule has 1 heterocycles. The first-order chi connectivity index (χ1) is 4.66. The van der Waals surface area contributed by atoms with Gasteiger partial charge in [0.25, 0.3) is 0 Å². The summed E-state index contributed by atoms with van der Waals surface area (Å²) < 4.78 is 5.01. The number of ether oxygens (including phenoxy) is 1. The molecule has 56 valence electrons. The largest absolute Gasteiger partial charge is 0.394 e. The molecule has 0 aliphatic carbocycles. The zero-order valence-electron chi connectivity index (χ0n) is 5.90. The Morgan fingerprint density at radius 1 is 1.60 bits per heavy atom. The third-order valence-electron chi connectivity index (χ3n) is 1.95. The molecule has 1 saturated heterocycles. The Morgan fingerprint density at radius 3 is 2.40 bits per heavy atom. The fourth-order valence-corrected chi connectivity index (χ4v) is 1.09. The Bertz CT molecular complexity index is 120. The van der Waals surface area contributed by atoms with Gasteiger partial charge in [-0.1, -0.05) is 6.92 Å². The molecular formula is C6H11BO3. The van der Waals surface area contributed by atoms with Gasteiger partial charge in [0.15, 0.2) is 0 Å². The summed E-state index contributed by atoms with van der Waals surface area (Å²) in [7, 11) is 5.44. The fraction of sp³-hybridized carbons (Fsp3) is 1.00. The van der Waals surface area contributed by atoms with Gasteiger partial charge < -0.3 is 14.9 Å². The maximum absolute atomic E-state index is 9.26. The van der Waals surface area contributed by atoms with E-state index in [0.29, 0.717) is 0 Å². The van der Waals surface area contributed by atoms with Crippen molar-refractivity contribution >= 4 is 7.85 Å². The van der Waals surface area contributed by atoms with Crippen molar-refractivity contribution in [3.63, 3.8) is 0 Å². The van der Waals surface area contributed by atoms with Crippen LogP contribution >= 0.6 is 0 Å². The van der Waals surface area contributed by atoms with Gasteiger partial charge in [0.05, 0.1) is 12.7 Å². The summed E-state index contributed by atoms with van der Waals surface area (Å²) in [6.07, 6.45) is -1.12. The molecule has 2 radical (unpaired) electrons. The second-order valence-electron chi connectivity index (χ2n) is 2.67. The molecule has 0 spiro atoms. The Morgan fingerprint density at radius 2 is 2.20 bits per heavy atom. The first kappa shape index (κ1) is 8.05. The predicted molar refractivity (Wildman–Crippen MR) is 36.7 cm³/mol. The van der Waals surface area contributed by atoms with Gasteiger partial charge in [-0.2, -0.15) is 0 Å². The van der Waals surface area contributed by atoms with Crippen LogP contribution in [-0.2, 0) is 4.74 Å². The molecule has 0 amide bonds. The number of aliphatic hydroxyl groups excluding tert-OH is 2. The third-order valence-corrected chi connectivity index (χ3v) is 1.95. The van der Waals surface area contributed by atoms with Gasteiger partial charge >= 0.3 is 0 Å². The molecule has 0 aromatic carbocycles. The van der Waals surface area contributed by atoms with Gasteiger partial charge in [0.1, 0.15) is 14.0 Å². The highest BCUT2D eigenvalue weighted by atomic mass is 16.5. The Balaban J connectivity index is 2.53. The van der Waals surface area contributed by atoms with Gasteiger partial charge in [-0.3, -0.25) is 0 Å². The lowest BCUT2D eigenvalue weighted by atomic mass is 9.86. The highest BCUT2D eigenvalue weighted by Gasteiger charge is 2.36. The van der Waals surface area contributed by atoms with E-state index in [1.807, 2.05) is 0 Å². The van der Waals surface area contributed by atoms with Crippen molar-refractivity contribution in [3.8, 4) is 0 Å². The number of aliphatic hydroxyl groups is 2. The molecule has 10 heavy (non-hydrogen) atoms. The summed E-state index contributed by atoms with van der Waals surface area (Å²) in [5.41, 5.74) is 0. The molecule has 1 fully saturated rings. The minimum absolute atomic E-state index is 0.0860. The van der Waals surface area contributed by atoms with Crippen molar-refractivity contribution in [2.75, 3.05) is 6.61 Å². The summed E-state index contributed by atoms with van der Waals surface area (Å²) >= 11 is 0. The van der Waals surface area contributed by atoms with Gasteiger partial charge in [0, 0.05) is 11.9 Å². The molecule has 0 aromatic heterocycles. The third kappa shape index (κ3) is 1.19. The second-order valence-corrected chi connectivity index (χ2v) is 2.67. The lowest BCUT2D eigenvalue weighted by Crippen LogP contribution is -2.28. The molecule has 2 N–H and O–H groups in total. The van der Waals surface area contributed by atoms with Crippen molar-refractivity contribution < 1.29 is 14.9 Å². The van der Waals surface area contributed by atoms with Crippen LogP contribution in [0.15, 0.2) is 0 Å². The van der Waals surface area contributed by atoms with Crippen LogP contribution in [0.3, 0.4) is 0 Å². The van der Waals surface area contributed by atoms with Crippen LogP contribution < -0.4 is 0 Å². The molecule has 1 unspecified atom stereocenters. The van der Waals surface area contributed by atoms with E-state index in [4.69, 9.17) is 17.7 Å². The maximum atomic E-state index is 9.26. The van der Waals surface area contributed by atoms with Gasteiger partial charge in [-0.25, -0.2) is 0 Å². The van der Waals surface area contributed by atoms with Crippen LogP contribution in [0.4, 0.5) is 0 Å². The lowest BCUT2D eigenvalue weighted by Gasteiger charge is -2.11. The van der Waals surface area contributed by atoms with E-state index < -0.39 is 18.2 Å². The molecule has 1 aliphatic rings. The Hall–Kier alpha value is -0.0551. The SMILES string of the molecule is [B][C@H]1O[C@@H](CO)[C@@H](O)C1C. The van der Waals surface area contributed by atoms with E-state index >= 15 is 0 Å². The van der Waals surface area contributed by atoms with Crippen LogP contribution in [-0.4, -0.2) is 42.9 Å². The topological polar surface area (TPSA) is 49.7 Å². The molecule has 3 nitrogen and oxygen atoms in total. The quantitative estimate of drug-likeness (QED) is 0.455. The van der Waals surface area contributed by atoms with Gasteiger partial charge in [-0.05, 0) is 0 Å². The van der Waals surface area contributed by atoms with Crippen LogP contribution in [0.25, 0.3) is 0 Å². The molecule has 4 atom stereocenters. The fourth-order valence-electron chi connectivity index (χ4n) is 1.09. The Labute approximate surface area is 61.4 Å². The van der Waals surface area contributed by atoms with Crippen molar-refractivity contribution in [2.45, 2.75) is 25.1 Å². The van der Waals surface area contributed by atoms with E-state index in [-0.39, 0.29) is 12.5 Å². The summed E-state index contributed by atoms with van der Waals surface area (Å²) in [6.45, 7) is 1.63. The van der Waals surface area contributed by atoms with Crippen molar-refractivity contribution in [2.24, 2.45) is 5.92 Å². The monoisotopic (exact) mass is 142 g/mol. The van der Waals surface area contributed by atoms with Crippen molar-refractivity contribution in [1.29, 1.82) is 0 Å². The highest BCUT2D eigenvalue weighted by molar-refractivity contribution is 6.11. The van der Waals surface area contributed by atoms with Gasteiger partial charge in [-0.15, -0.1) is 0 Å². The molecular weight excluding hydrogens is 131 g/mol. The maximum Gasteiger partial charge on any atom is 0.109 e. The normalized spacial score (nSPS) is 47.9. The lowest BCUT2D eigenvalue weighted by molar-refractivity contribution is -0.00490. The van der Waals surface area contributed by atoms with Crippen molar-refractivity contribution in [3.05, 3.63) is 0 Å². The minimum Gasteiger partial charge on any atom is -0.394 e. The van der Waals surface area contributed by atoms with E-state index in [1.165, 1.54) is 0 Å².